The van der Waals surface area contributed by atoms with Crippen molar-refractivity contribution in [3.8, 4) is 11.5 Å². The Labute approximate surface area is 190 Å². The van der Waals surface area contributed by atoms with Gasteiger partial charge in [-0.3, -0.25) is 4.79 Å². The highest BCUT2D eigenvalue weighted by Crippen LogP contribution is 2.36. The average molecular weight is 428 g/mol. The molecule has 3 aromatic carbocycles. The summed E-state index contributed by atoms with van der Waals surface area (Å²) in [4.78, 5) is 15.5. The van der Waals surface area contributed by atoms with Gasteiger partial charge in [0.25, 0.3) is 5.91 Å². The first-order valence-electron chi connectivity index (χ1n) is 11.0. The topological polar surface area (TPSA) is 38.8 Å². The van der Waals surface area contributed by atoms with E-state index in [0.29, 0.717) is 17.9 Å². The van der Waals surface area contributed by atoms with E-state index < -0.39 is 0 Å². The molecule has 1 amide bonds. The summed E-state index contributed by atoms with van der Waals surface area (Å²) in [6, 6.07) is 22.1. The van der Waals surface area contributed by atoms with E-state index in [-0.39, 0.29) is 5.91 Å². The summed E-state index contributed by atoms with van der Waals surface area (Å²) < 4.78 is 11.0. The monoisotopic (exact) mass is 427 g/mol. The van der Waals surface area contributed by atoms with Crippen LogP contribution in [0.5, 0.6) is 11.5 Å². The van der Waals surface area contributed by atoms with Gasteiger partial charge in [0, 0.05) is 11.3 Å². The second-order valence-electron chi connectivity index (χ2n) is 7.97. The van der Waals surface area contributed by atoms with Gasteiger partial charge in [-0.15, -0.1) is 0 Å². The van der Waals surface area contributed by atoms with E-state index in [4.69, 9.17) is 9.47 Å². The SMILES string of the molecule is CCc1ccc(C(=O)N(Cc2ccccc2)C2=Cc3cc(OC)c(OC)cc3CC2)cc1. The lowest BCUT2D eigenvalue weighted by atomic mass is 9.93. The van der Waals surface area contributed by atoms with Gasteiger partial charge in [-0.05, 0) is 71.9 Å². The minimum Gasteiger partial charge on any atom is -0.493 e. The predicted octanol–water partition coefficient (Wildman–Crippen LogP) is 5.90. The largest absolute Gasteiger partial charge is 0.493 e. The molecule has 0 heterocycles. The van der Waals surface area contributed by atoms with Crippen LogP contribution in [-0.2, 0) is 19.4 Å². The highest BCUT2D eigenvalue weighted by molar-refractivity contribution is 5.96. The van der Waals surface area contributed by atoms with Crippen molar-refractivity contribution >= 4 is 12.0 Å². The summed E-state index contributed by atoms with van der Waals surface area (Å²) in [6.45, 7) is 2.65. The van der Waals surface area contributed by atoms with Crippen LogP contribution < -0.4 is 9.47 Å². The Kier molecular flexibility index (Phi) is 6.60. The Morgan fingerprint density at radius 3 is 2.22 bits per heavy atom. The van der Waals surface area contributed by atoms with Crippen molar-refractivity contribution in [1.82, 2.24) is 4.90 Å². The minimum atomic E-state index is 0.0201. The molecule has 4 rings (SSSR count). The first kappa shape index (κ1) is 21.7. The number of carbonyl (C=O) groups is 1. The van der Waals surface area contributed by atoms with E-state index in [1.165, 1.54) is 11.1 Å². The number of fused-ring (bicyclic) bond motifs is 1. The lowest BCUT2D eigenvalue weighted by molar-refractivity contribution is 0.0792. The molecule has 1 aliphatic carbocycles. The third-order valence-electron chi connectivity index (χ3n) is 6.00. The molecule has 0 aliphatic heterocycles. The Bertz CT molecular complexity index is 1120. The van der Waals surface area contributed by atoms with E-state index >= 15 is 0 Å². The van der Waals surface area contributed by atoms with Gasteiger partial charge in [0.05, 0.1) is 20.8 Å². The molecule has 0 atom stereocenters. The molecule has 4 nitrogen and oxygen atoms in total. The Morgan fingerprint density at radius 2 is 1.56 bits per heavy atom. The van der Waals surface area contributed by atoms with Crippen LogP contribution in [0.1, 0.15) is 46.0 Å². The number of hydrogen-bond donors (Lipinski definition) is 0. The molecule has 1 aliphatic rings. The van der Waals surface area contributed by atoms with E-state index in [2.05, 4.69) is 25.1 Å². The van der Waals surface area contributed by atoms with Gasteiger partial charge in [0.1, 0.15) is 0 Å². The van der Waals surface area contributed by atoms with Crippen LogP contribution in [0.15, 0.2) is 72.4 Å². The maximum absolute atomic E-state index is 13.6. The van der Waals surface area contributed by atoms with Gasteiger partial charge in [-0.1, -0.05) is 49.4 Å². The maximum Gasteiger partial charge on any atom is 0.258 e. The second-order valence-corrected chi connectivity index (χ2v) is 7.97. The van der Waals surface area contributed by atoms with E-state index in [0.717, 1.165) is 41.8 Å². The molecule has 0 saturated heterocycles. The lowest BCUT2D eigenvalue weighted by Gasteiger charge is -2.29. The zero-order chi connectivity index (χ0) is 22.5. The molecule has 0 bridgehead atoms. The van der Waals surface area contributed by atoms with Crippen LogP contribution in [0.3, 0.4) is 0 Å². The van der Waals surface area contributed by atoms with E-state index in [1.54, 1.807) is 14.2 Å². The van der Waals surface area contributed by atoms with Crippen LogP contribution in [0.25, 0.3) is 6.08 Å². The molecule has 3 aromatic rings. The molecule has 0 spiro atoms. The quantitative estimate of drug-likeness (QED) is 0.471. The zero-order valence-electron chi connectivity index (χ0n) is 18.9. The Morgan fingerprint density at radius 1 is 0.875 bits per heavy atom. The smallest absolute Gasteiger partial charge is 0.258 e. The first-order chi connectivity index (χ1) is 15.6. The molecular weight excluding hydrogens is 398 g/mol. The summed E-state index contributed by atoms with van der Waals surface area (Å²) in [5, 5.41) is 0. The Hall–Kier alpha value is -3.53. The van der Waals surface area contributed by atoms with Gasteiger partial charge in [-0.25, -0.2) is 0 Å². The summed E-state index contributed by atoms with van der Waals surface area (Å²) in [5.74, 6) is 1.45. The lowest BCUT2D eigenvalue weighted by Crippen LogP contribution is -2.31. The summed E-state index contributed by atoms with van der Waals surface area (Å²) >= 11 is 0. The third-order valence-corrected chi connectivity index (χ3v) is 6.00. The fraction of sp³-hybridized carbons (Fsp3) is 0.250. The fourth-order valence-corrected chi connectivity index (χ4v) is 4.12. The predicted molar refractivity (Wildman–Crippen MR) is 128 cm³/mol. The number of benzene rings is 3. The van der Waals surface area contributed by atoms with Crippen molar-refractivity contribution in [1.29, 1.82) is 0 Å². The highest BCUT2D eigenvalue weighted by Gasteiger charge is 2.24. The van der Waals surface area contributed by atoms with E-state index in [1.807, 2.05) is 59.5 Å². The van der Waals surface area contributed by atoms with Gasteiger partial charge in [0.2, 0.25) is 0 Å². The summed E-state index contributed by atoms with van der Waals surface area (Å²) in [7, 11) is 3.29. The number of ether oxygens (including phenoxy) is 2. The number of nitrogens with zero attached hydrogens (tertiary/aromatic N) is 1. The fourth-order valence-electron chi connectivity index (χ4n) is 4.12. The molecule has 0 unspecified atom stereocenters. The standard InChI is InChI=1S/C28H29NO3/c1-4-20-10-12-22(13-11-20)28(30)29(19-21-8-6-5-7-9-21)25-15-14-23-17-26(31-2)27(32-3)18-24(23)16-25/h5-13,16-18H,4,14-15,19H2,1-3H3. The number of aryl methyl sites for hydroxylation is 2. The van der Waals surface area contributed by atoms with Gasteiger partial charge >= 0.3 is 0 Å². The summed E-state index contributed by atoms with van der Waals surface area (Å²) in [5.41, 5.74) is 6.31. The third kappa shape index (κ3) is 4.54. The Balaban J connectivity index is 1.72. The molecule has 32 heavy (non-hydrogen) atoms. The average Bonchev–Trinajstić information content (AvgIpc) is 2.86. The van der Waals surface area contributed by atoms with Gasteiger partial charge in [-0.2, -0.15) is 0 Å². The van der Waals surface area contributed by atoms with Gasteiger partial charge in [0.15, 0.2) is 11.5 Å². The number of rotatable bonds is 7. The molecule has 0 saturated carbocycles. The normalized spacial score (nSPS) is 12.5. The number of allylic oxidation sites excluding steroid dienone is 1. The maximum atomic E-state index is 13.6. The van der Waals surface area contributed by atoms with Crippen LogP contribution in [0.2, 0.25) is 0 Å². The molecule has 4 heteroatoms. The summed E-state index contributed by atoms with van der Waals surface area (Å²) in [6.07, 6.45) is 4.69. The molecule has 0 fully saturated rings. The van der Waals surface area contributed by atoms with Crippen molar-refractivity contribution in [2.75, 3.05) is 14.2 Å². The number of amides is 1. The number of hydrogen-bond acceptors (Lipinski definition) is 3. The van der Waals surface area contributed by atoms with Gasteiger partial charge < -0.3 is 14.4 Å². The van der Waals surface area contributed by atoms with Crippen LogP contribution >= 0.6 is 0 Å². The van der Waals surface area contributed by atoms with E-state index in [9.17, 15) is 4.79 Å². The molecule has 0 N–H and O–H groups in total. The van der Waals surface area contributed by atoms with Crippen LogP contribution in [0.4, 0.5) is 0 Å². The number of methoxy groups -OCH3 is 2. The van der Waals surface area contributed by atoms with Crippen molar-refractivity contribution in [3.63, 3.8) is 0 Å². The number of carbonyl (C=O) groups excluding carboxylic acids is 1. The van der Waals surface area contributed by atoms with Crippen molar-refractivity contribution in [2.45, 2.75) is 32.7 Å². The second kappa shape index (κ2) is 9.73. The minimum absolute atomic E-state index is 0.0201. The van der Waals surface area contributed by atoms with Crippen LogP contribution in [-0.4, -0.2) is 25.0 Å². The molecule has 164 valence electrons. The van der Waals surface area contributed by atoms with Crippen molar-refractivity contribution in [2.24, 2.45) is 0 Å². The molecule has 0 radical (unpaired) electrons. The molecular formula is C28H29NO3. The van der Waals surface area contributed by atoms with Crippen LogP contribution in [0, 0.1) is 0 Å². The molecule has 0 aromatic heterocycles. The zero-order valence-corrected chi connectivity index (χ0v) is 18.9. The first-order valence-corrected chi connectivity index (χ1v) is 11.0. The van der Waals surface area contributed by atoms with Crippen molar-refractivity contribution < 1.29 is 14.3 Å². The highest BCUT2D eigenvalue weighted by atomic mass is 16.5. The van der Waals surface area contributed by atoms with Crippen molar-refractivity contribution in [3.05, 3.63) is 100 Å².